The molecule has 0 spiro atoms. The molecule has 0 N–H and O–H groups in total. The lowest BCUT2D eigenvalue weighted by molar-refractivity contribution is 0.467. The number of nitrogens with zero attached hydrogens (tertiary/aromatic N) is 3. The van der Waals surface area contributed by atoms with Gasteiger partial charge in [0.25, 0.3) is 0 Å². The van der Waals surface area contributed by atoms with Crippen LogP contribution in [0.2, 0.25) is 5.02 Å². The molecule has 0 bridgehead atoms. The van der Waals surface area contributed by atoms with Crippen LogP contribution in [0.1, 0.15) is 28.7 Å². The molecular formula is C26H26ClN3O2S. The van der Waals surface area contributed by atoms with Crippen LogP contribution in [0.25, 0.3) is 0 Å². The van der Waals surface area contributed by atoms with Crippen molar-refractivity contribution < 1.29 is 8.42 Å². The predicted octanol–water partition coefficient (Wildman–Crippen LogP) is 5.13. The summed E-state index contributed by atoms with van der Waals surface area (Å²) in [5, 5.41) is 9.65. The maximum Gasteiger partial charge on any atom is 0.218 e. The molecule has 7 heteroatoms. The van der Waals surface area contributed by atoms with Crippen LogP contribution in [-0.4, -0.2) is 31.9 Å². The molecule has 3 aromatic rings. The second-order valence-corrected chi connectivity index (χ2v) is 10.7. The van der Waals surface area contributed by atoms with E-state index in [-0.39, 0.29) is 11.8 Å². The number of rotatable bonds is 7. The van der Waals surface area contributed by atoms with Gasteiger partial charge in [0.05, 0.1) is 16.3 Å². The van der Waals surface area contributed by atoms with Gasteiger partial charge in [0.2, 0.25) is 10.0 Å². The minimum absolute atomic E-state index is 0.000781. The second-order valence-electron chi connectivity index (χ2n) is 8.37. The predicted molar refractivity (Wildman–Crippen MR) is 133 cm³/mol. The Kier molecular flexibility index (Phi) is 7.04. The third kappa shape index (κ3) is 5.39. The van der Waals surface area contributed by atoms with E-state index in [1.54, 1.807) is 16.4 Å². The van der Waals surface area contributed by atoms with Gasteiger partial charge in [-0.25, -0.2) is 8.42 Å². The lowest BCUT2D eigenvalue weighted by Crippen LogP contribution is -2.39. The maximum atomic E-state index is 13.1. The molecule has 1 aliphatic rings. The topological polar surface area (TPSA) is 64.4 Å². The molecule has 1 heterocycles. The van der Waals surface area contributed by atoms with Crippen LogP contribution in [0.5, 0.6) is 0 Å². The van der Waals surface area contributed by atoms with E-state index in [4.69, 9.17) is 11.6 Å². The SMILES string of the molecule is Cc1ccccc1CN(c1ccc(C#N)c(Cl)c1)[C@H]1CCN(S(=O)(=O)Cc2ccccc2)C1. The van der Waals surface area contributed by atoms with Crippen molar-refractivity contribution in [2.24, 2.45) is 0 Å². The molecule has 5 nitrogen and oxygen atoms in total. The highest BCUT2D eigenvalue weighted by molar-refractivity contribution is 7.88. The lowest BCUT2D eigenvalue weighted by atomic mass is 10.1. The number of halogens is 1. The zero-order valence-corrected chi connectivity index (χ0v) is 20.1. The Balaban J connectivity index is 1.60. The highest BCUT2D eigenvalue weighted by Crippen LogP contribution is 2.31. The molecule has 0 radical (unpaired) electrons. The molecule has 33 heavy (non-hydrogen) atoms. The highest BCUT2D eigenvalue weighted by atomic mass is 35.5. The van der Waals surface area contributed by atoms with Crippen molar-refractivity contribution in [2.75, 3.05) is 18.0 Å². The number of hydrogen-bond acceptors (Lipinski definition) is 4. The molecule has 1 aliphatic heterocycles. The summed E-state index contributed by atoms with van der Waals surface area (Å²) in [5.74, 6) is 0.00104. The molecule has 1 saturated heterocycles. The van der Waals surface area contributed by atoms with Crippen LogP contribution in [0.3, 0.4) is 0 Å². The zero-order valence-electron chi connectivity index (χ0n) is 18.5. The Bertz CT molecular complexity index is 1270. The van der Waals surface area contributed by atoms with Gasteiger partial charge in [-0.15, -0.1) is 0 Å². The summed E-state index contributed by atoms with van der Waals surface area (Å²) < 4.78 is 27.8. The number of benzene rings is 3. The van der Waals surface area contributed by atoms with Gasteiger partial charge in [0.15, 0.2) is 0 Å². The van der Waals surface area contributed by atoms with Crippen molar-refractivity contribution in [3.05, 3.63) is 100 Å². The first-order valence-corrected chi connectivity index (χ1v) is 12.9. The van der Waals surface area contributed by atoms with Gasteiger partial charge >= 0.3 is 0 Å². The van der Waals surface area contributed by atoms with Gasteiger partial charge in [-0.2, -0.15) is 9.57 Å². The summed E-state index contributed by atoms with van der Waals surface area (Å²) in [6, 6.07) is 25.0. The van der Waals surface area contributed by atoms with Gasteiger partial charge in [0.1, 0.15) is 6.07 Å². The standard InChI is InChI=1S/C26H26ClN3O2S/c1-20-7-5-6-10-23(20)17-30(24-12-11-22(16-28)26(27)15-24)25-13-14-29(18-25)33(31,32)19-21-8-3-2-4-9-21/h2-12,15,25H,13-14,17-19H2,1H3/t25-/m0/s1. The average Bonchev–Trinajstić information content (AvgIpc) is 3.30. The Labute approximate surface area is 200 Å². The maximum absolute atomic E-state index is 13.1. The van der Waals surface area contributed by atoms with Crippen LogP contribution >= 0.6 is 11.6 Å². The molecule has 1 atom stereocenters. The fourth-order valence-electron chi connectivity index (χ4n) is 4.27. The first-order valence-electron chi connectivity index (χ1n) is 10.9. The van der Waals surface area contributed by atoms with E-state index in [0.29, 0.717) is 30.2 Å². The van der Waals surface area contributed by atoms with E-state index in [9.17, 15) is 13.7 Å². The van der Waals surface area contributed by atoms with Crippen molar-refractivity contribution in [3.8, 4) is 6.07 Å². The van der Waals surface area contributed by atoms with E-state index in [1.165, 1.54) is 11.1 Å². The van der Waals surface area contributed by atoms with Crippen molar-refractivity contribution in [3.63, 3.8) is 0 Å². The van der Waals surface area contributed by atoms with Crippen LogP contribution in [0.15, 0.2) is 72.8 Å². The van der Waals surface area contributed by atoms with Crippen molar-refractivity contribution in [2.45, 2.75) is 31.7 Å². The highest BCUT2D eigenvalue weighted by Gasteiger charge is 2.35. The zero-order chi connectivity index (χ0) is 23.4. The Morgan fingerprint density at radius 1 is 1.09 bits per heavy atom. The molecule has 0 aromatic heterocycles. The molecule has 3 aromatic carbocycles. The van der Waals surface area contributed by atoms with Gasteiger partial charge in [0, 0.05) is 31.4 Å². The summed E-state index contributed by atoms with van der Waals surface area (Å²) in [6.07, 6.45) is 0.720. The quantitative estimate of drug-likeness (QED) is 0.471. The van der Waals surface area contributed by atoms with E-state index in [0.717, 1.165) is 17.7 Å². The van der Waals surface area contributed by atoms with Gasteiger partial charge < -0.3 is 4.90 Å². The van der Waals surface area contributed by atoms with Crippen molar-refractivity contribution in [1.82, 2.24) is 4.31 Å². The summed E-state index contributed by atoms with van der Waals surface area (Å²) in [6.45, 7) is 3.60. The Hall–Kier alpha value is -2.85. The molecule has 4 rings (SSSR count). The Morgan fingerprint density at radius 3 is 2.52 bits per heavy atom. The molecule has 0 unspecified atom stereocenters. The van der Waals surface area contributed by atoms with E-state index in [2.05, 4.69) is 30.0 Å². The van der Waals surface area contributed by atoms with Gasteiger partial charge in [-0.05, 0) is 48.2 Å². The van der Waals surface area contributed by atoms with E-state index in [1.807, 2.05) is 48.5 Å². The first kappa shape index (κ1) is 23.3. The molecular weight excluding hydrogens is 454 g/mol. The van der Waals surface area contributed by atoms with Crippen LogP contribution in [0, 0.1) is 18.3 Å². The smallest absolute Gasteiger partial charge is 0.218 e. The average molecular weight is 480 g/mol. The second kappa shape index (κ2) is 9.96. The number of hydrogen-bond donors (Lipinski definition) is 0. The number of sulfonamides is 1. The molecule has 1 fully saturated rings. The normalized spacial score (nSPS) is 16.5. The third-order valence-corrected chi connectivity index (χ3v) is 8.29. The third-order valence-electron chi connectivity index (χ3n) is 6.16. The fourth-order valence-corrected chi connectivity index (χ4v) is 6.07. The minimum atomic E-state index is -3.42. The van der Waals surface area contributed by atoms with Crippen molar-refractivity contribution >= 4 is 27.3 Å². The minimum Gasteiger partial charge on any atom is -0.363 e. The lowest BCUT2D eigenvalue weighted by Gasteiger charge is -2.32. The summed E-state index contributed by atoms with van der Waals surface area (Å²) in [4.78, 5) is 2.22. The van der Waals surface area contributed by atoms with Gasteiger partial charge in [-0.1, -0.05) is 66.2 Å². The Morgan fingerprint density at radius 2 is 1.82 bits per heavy atom. The van der Waals surface area contributed by atoms with Crippen LogP contribution < -0.4 is 4.90 Å². The monoisotopic (exact) mass is 479 g/mol. The first-order chi connectivity index (χ1) is 15.9. The summed E-state index contributed by atoms with van der Waals surface area (Å²) >= 11 is 6.35. The molecule has 0 amide bonds. The largest absolute Gasteiger partial charge is 0.363 e. The number of nitriles is 1. The van der Waals surface area contributed by atoms with E-state index >= 15 is 0 Å². The number of aryl methyl sites for hydroxylation is 1. The van der Waals surface area contributed by atoms with Crippen LogP contribution in [-0.2, 0) is 22.3 Å². The van der Waals surface area contributed by atoms with E-state index < -0.39 is 10.0 Å². The fraction of sp³-hybridized carbons (Fsp3) is 0.269. The molecule has 0 saturated carbocycles. The summed E-state index contributed by atoms with van der Waals surface area (Å²) in [7, 11) is -3.42. The molecule has 0 aliphatic carbocycles. The number of anilines is 1. The van der Waals surface area contributed by atoms with Gasteiger partial charge in [-0.3, -0.25) is 0 Å². The van der Waals surface area contributed by atoms with Crippen molar-refractivity contribution in [1.29, 1.82) is 5.26 Å². The summed E-state index contributed by atoms with van der Waals surface area (Å²) in [5.41, 5.74) is 4.44. The molecule has 170 valence electrons. The van der Waals surface area contributed by atoms with Crippen LogP contribution in [0.4, 0.5) is 5.69 Å².